The number of carbonyl (C=O) groups excluding carboxylic acids is 1. The molecule has 17 heavy (non-hydrogen) atoms. The quantitative estimate of drug-likeness (QED) is 0.813. The summed E-state index contributed by atoms with van der Waals surface area (Å²) >= 11 is 0. The summed E-state index contributed by atoms with van der Waals surface area (Å²) in [5.74, 6) is -0.256. The van der Waals surface area contributed by atoms with Gasteiger partial charge in [0.15, 0.2) is 0 Å². The van der Waals surface area contributed by atoms with Gasteiger partial charge in [-0.3, -0.25) is 4.98 Å². The number of hydrogen-bond acceptors (Lipinski definition) is 4. The van der Waals surface area contributed by atoms with Gasteiger partial charge in [-0.05, 0) is 37.8 Å². The fourth-order valence-electron chi connectivity index (χ4n) is 2.12. The van der Waals surface area contributed by atoms with Crippen LogP contribution in [0.1, 0.15) is 48.2 Å². The Morgan fingerprint density at radius 1 is 1.41 bits per heavy atom. The fourth-order valence-corrected chi connectivity index (χ4v) is 2.12. The van der Waals surface area contributed by atoms with E-state index >= 15 is 0 Å². The highest BCUT2D eigenvalue weighted by Gasteiger charge is 2.18. The summed E-state index contributed by atoms with van der Waals surface area (Å²) in [6.45, 7) is 0.338. The topological polar surface area (TPSA) is 65.2 Å². The van der Waals surface area contributed by atoms with Crippen molar-refractivity contribution in [2.24, 2.45) is 5.73 Å². The summed E-state index contributed by atoms with van der Waals surface area (Å²) < 4.78 is 5.47. The Morgan fingerprint density at radius 3 is 2.88 bits per heavy atom. The van der Waals surface area contributed by atoms with E-state index in [0.717, 1.165) is 25.7 Å². The molecule has 0 saturated heterocycles. The normalized spacial score (nSPS) is 16.8. The Labute approximate surface area is 101 Å². The van der Waals surface area contributed by atoms with Crippen molar-refractivity contribution in [1.82, 2.24) is 4.98 Å². The first kappa shape index (κ1) is 12.0. The van der Waals surface area contributed by atoms with E-state index in [4.69, 9.17) is 10.5 Å². The van der Waals surface area contributed by atoms with Gasteiger partial charge in [0.25, 0.3) is 0 Å². The molecule has 0 aliphatic heterocycles. The van der Waals surface area contributed by atoms with Gasteiger partial charge in [-0.15, -0.1) is 0 Å². The lowest BCUT2D eigenvalue weighted by Gasteiger charge is -2.21. The Hall–Kier alpha value is -1.42. The molecule has 1 aliphatic carbocycles. The van der Waals surface area contributed by atoms with Gasteiger partial charge in [-0.25, -0.2) is 4.79 Å². The average Bonchev–Trinajstić information content (AvgIpc) is 2.40. The molecule has 0 amide bonds. The highest BCUT2D eigenvalue weighted by atomic mass is 16.5. The summed E-state index contributed by atoms with van der Waals surface area (Å²) in [6, 6.07) is 3.37. The molecular weight excluding hydrogens is 216 g/mol. The summed E-state index contributed by atoms with van der Waals surface area (Å²) in [6.07, 6.45) is 7.22. The van der Waals surface area contributed by atoms with Crippen molar-refractivity contribution in [1.29, 1.82) is 0 Å². The molecule has 1 fully saturated rings. The number of carbonyl (C=O) groups is 1. The van der Waals surface area contributed by atoms with Crippen LogP contribution in [0.5, 0.6) is 0 Å². The van der Waals surface area contributed by atoms with Crippen molar-refractivity contribution < 1.29 is 9.53 Å². The van der Waals surface area contributed by atoms with Gasteiger partial charge in [-0.1, -0.05) is 6.42 Å². The van der Waals surface area contributed by atoms with Crippen molar-refractivity contribution in [2.75, 3.05) is 0 Å². The summed E-state index contributed by atoms with van der Waals surface area (Å²) in [5, 5.41) is 0. The van der Waals surface area contributed by atoms with Crippen LogP contribution < -0.4 is 5.73 Å². The van der Waals surface area contributed by atoms with Crippen molar-refractivity contribution >= 4 is 5.97 Å². The van der Waals surface area contributed by atoms with Crippen molar-refractivity contribution in [3.05, 3.63) is 29.6 Å². The van der Waals surface area contributed by atoms with Crippen LogP contribution in [0, 0.1) is 0 Å². The molecule has 1 aliphatic rings. The molecule has 4 nitrogen and oxygen atoms in total. The van der Waals surface area contributed by atoms with Gasteiger partial charge in [0, 0.05) is 12.7 Å². The zero-order valence-electron chi connectivity index (χ0n) is 9.89. The van der Waals surface area contributed by atoms with E-state index in [9.17, 15) is 4.79 Å². The maximum Gasteiger partial charge on any atom is 0.338 e. The van der Waals surface area contributed by atoms with E-state index in [-0.39, 0.29) is 12.1 Å². The molecule has 0 spiro atoms. The molecule has 1 heterocycles. The van der Waals surface area contributed by atoms with Crippen LogP contribution in [-0.2, 0) is 11.3 Å². The molecule has 0 unspecified atom stereocenters. The number of pyridine rings is 1. The van der Waals surface area contributed by atoms with Gasteiger partial charge in [0.2, 0.25) is 0 Å². The molecule has 0 atom stereocenters. The SMILES string of the molecule is NCc1cc(C(=O)OC2CCCCC2)ccn1. The fraction of sp³-hybridized carbons (Fsp3) is 0.538. The van der Waals surface area contributed by atoms with Gasteiger partial charge in [0.05, 0.1) is 11.3 Å². The first-order valence-corrected chi connectivity index (χ1v) is 6.15. The molecular formula is C13H18N2O2. The Kier molecular flexibility index (Phi) is 4.09. The third-order valence-electron chi connectivity index (χ3n) is 3.09. The Bertz CT molecular complexity index is 387. The van der Waals surface area contributed by atoms with E-state index in [1.807, 2.05) is 0 Å². The first-order chi connectivity index (χ1) is 8.29. The van der Waals surface area contributed by atoms with Crippen LogP contribution in [0.3, 0.4) is 0 Å². The highest BCUT2D eigenvalue weighted by molar-refractivity contribution is 5.89. The standard InChI is InChI=1S/C13H18N2O2/c14-9-11-8-10(6-7-15-11)13(16)17-12-4-2-1-3-5-12/h6-8,12H,1-5,9,14H2. The zero-order chi connectivity index (χ0) is 12.1. The summed E-state index contributed by atoms with van der Waals surface area (Å²) in [5.41, 5.74) is 6.75. The number of rotatable bonds is 3. The minimum Gasteiger partial charge on any atom is -0.459 e. The number of hydrogen-bond donors (Lipinski definition) is 1. The predicted molar refractivity (Wildman–Crippen MR) is 64.4 cm³/mol. The van der Waals surface area contributed by atoms with E-state index in [0.29, 0.717) is 17.8 Å². The smallest absolute Gasteiger partial charge is 0.338 e. The average molecular weight is 234 g/mol. The number of aromatic nitrogens is 1. The molecule has 0 radical (unpaired) electrons. The molecule has 0 aromatic carbocycles. The molecule has 92 valence electrons. The minimum absolute atomic E-state index is 0.0886. The zero-order valence-corrected chi connectivity index (χ0v) is 9.89. The lowest BCUT2D eigenvalue weighted by molar-refractivity contribution is 0.0211. The first-order valence-electron chi connectivity index (χ1n) is 6.15. The van der Waals surface area contributed by atoms with Gasteiger partial charge >= 0.3 is 5.97 Å². The molecule has 0 bridgehead atoms. The van der Waals surface area contributed by atoms with Gasteiger partial charge < -0.3 is 10.5 Å². The maximum atomic E-state index is 11.9. The van der Waals surface area contributed by atoms with Crippen LogP contribution >= 0.6 is 0 Å². The second kappa shape index (κ2) is 5.77. The lowest BCUT2D eigenvalue weighted by atomic mass is 9.98. The molecule has 1 aromatic heterocycles. The summed E-state index contributed by atoms with van der Waals surface area (Å²) in [7, 11) is 0. The number of nitrogens with zero attached hydrogens (tertiary/aromatic N) is 1. The van der Waals surface area contributed by atoms with Gasteiger partial charge in [0.1, 0.15) is 6.10 Å². The van der Waals surface area contributed by atoms with Crippen molar-refractivity contribution in [3.8, 4) is 0 Å². The van der Waals surface area contributed by atoms with Crippen LogP contribution in [-0.4, -0.2) is 17.1 Å². The van der Waals surface area contributed by atoms with E-state index in [2.05, 4.69) is 4.98 Å². The minimum atomic E-state index is -0.256. The number of nitrogens with two attached hydrogens (primary N) is 1. The second-order valence-corrected chi connectivity index (χ2v) is 4.41. The Morgan fingerprint density at radius 2 is 2.18 bits per heavy atom. The lowest BCUT2D eigenvalue weighted by Crippen LogP contribution is -2.21. The Balaban J connectivity index is 1.98. The second-order valence-electron chi connectivity index (χ2n) is 4.41. The summed E-state index contributed by atoms with van der Waals surface area (Å²) in [4.78, 5) is 15.9. The number of ether oxygens (including phenoxy) is 1. The molecule has 2 rings (SSSR count). The van der Waals surface area contributed by atoms with Crippen molar-refractivity contribution in [3.63, 3.8) is 0 Å². The number of esters is 1. The van der Waals surface area contributed by atoms with E-state index in [1.54, 1.807) is 18.3 Å². The monoisotopic (exact) mass is 234 g/mol. The predicted octanol–water partition coefficient (Wildman–Crippen LogP) is 2.03. The molecule has 2 N–H and O–H groups in total. The van der Waals surface area contributed by atoms with E-state index in [1.165, 1.54) is 6.42 Å². The molecule has 1 aromatic rings. The van der Waals surface area contributed by atoms with Crippen LogP contribution in [0.2, 0.25) is 0 Å². The van der Waals surface area contributed by atoms with Gasteiger partial charge in [-0.2, -0.15) is 0 Å². The van der Waals surface area contributed by atoms with Crippen LogP contribution in [0.15, 0.2) is 18.3 Å². The van der Waals surface area contributed by atoms with E-state index < -0.39 is 0 Å². The molecule has 1 saturated carbocycles. The maximum absolute atomic E-state index is 11.9. The molecule has 4 heteroatoms. The largest absolute Gasteiger partial charge is 0.459 e. The van der Waals surface area contributed by atoms with Crippen molar-refractivity contribution in [2.45, 2.75) is 44.8 Å². The third kappa shape index (κ3) is 3.27. The highest BCUT2D eigenvalue weighted by Crippen LogP contribution is 2.21. The van der Waals surface area contributed by atoms with Crippen LogP contribution in [0.4, 0.5) is 0 Å². The third-order valence-corrected chi connectivity index (χ3v) is 3.09. The van der Waals surface area contributed by atoms with Crippen LogP contribution in [0.25, 0.3) is 0 Å².